The molecule has 0 radical (unpaired) electrons. The van der Waals surface area contributed by atoms with E-state index < -0.39 is 0 Å². The van der Waals surface area contributed by atoms with E-state index in [0.29, 0.717) is 18.0 Å². The Morgan fingerprint density at radius 2 is 2.22 bits per heavy atom. The van der Waals surface area contributed by atoms with Crippen LogP contribution >= 0.6 is 23.1 Å². The number of rotatable bonds is 6. The second-order valence-corrected chi connectivity index (χ2v) is 6.10. The fraction of sp³-hybridized carbons (Fsp3) is 0.267. The van der Waals surface area contributed by atoms with Crippen LogP contribution in [0.25, 0.3) is 0 Å². The Kier molecular flexibility index (Phi) is 5.02. The molecule has 0 bridgehead atoms. The highest BCUT2D eigenvalue weighted by Gasteiger charge is 2.04. The largest absolute Gasteiger partial charge is 0.299 e. The zero-order valence-corrected chi connectivity index (χ0v) is 12.0. The molecule has 3 heteroatoms. The highest BCUT2D eigenvalue weighted by Crippen LogP contribution is 2.19. The molecule has 0 aliphatic rings. The van der Waals surface area contributed by atoms with Crippen LogP contribution < -0.4 is 0 Å². The van der Waals surface area contributed by atoms with Gasteiger partial charge in [-0.2, -0.15) is 11.3 Å². The second-order valence-electron chi connectivity index (χ2n) is 4.28. The van der Waals surface area contributed by atoms with E-state index in [2.05, 4.69) is 41.9 Å². The van der Waals surface area contributed by atoms with Gasteiger partial charge in [-0.25, -0.2) is 0 Å². The quantitative estimate of drug-likeness (QED) is 0.730. The SMILES string of the molecule is Cc1cccc(SCC(=O)CCc2ccsc2)c1. The highest BCUT2D eigenvalue weighted by molar-refractivity contribution is 8.00. The Bertz CT molecular complexity index is 503. The van der Waals surface area contributed by atoms with Gasteiger partial charge in [0.25, 0.3) is 0 Å². The first-order valence-electron chi connectivity index (χ1n) is 5.96. The maximum absolute atomic E-state index is 11.8. The summed E-state index contributed by atoms with van der Waals surface area (Å²) in [7, 11) is 0. The average molecular weight is 276 g/mol. The molecule has 0 saturated carbocycles. The number of thiophene rings is 1. The van der Waals surface area contributed by atoms with Crippen LogP contribution in [0.2, 0.25) is 0 Å². The van der Waals surface area contributed by atoms with Crippen molar-refractivity contribution in [3.05, 3.63) is 52.2 Å². The van der Waals surface area contributed by atoms with Gasteiger partial charge in [-0.1, -0.05) is 17.7 Å². The molecule has 2 rings (SSSR count). The van der Waals surface area contributed by atoms with Crippen LogP contribution in [0.4, 0.5) is 0 Å². The fourth-order valence-corrected chi connectivity index (χ4v) is 3.28. The number of hydrogen-bond donors (Lipinski definition) is 0. The van der Waals surface area contributed by atoms with E-state index in [1.807, 2.05) is 6.07 Å². The molecular formula is C15H16OS2. The first-order chi connectivity index (χ1) is 8.74. The number of hydrogen-bond acceptors (Lipinski definition) is 3. The maximum atomic E-state index is 11.8. The first kappa shape index (κ1) is 13.4. The van der Waals surface area contributed by atoms with Gasteiger partial charge in [0.15, 0.2) is 0 Å². The Hall–Kier alpha value is -1.06. The number of aryl methyl sites for hydroxylation is 2. The van der Waals surface area contributed by atoms with Crippen LogP contribution in [0.5, 0.6) is 0 Å². The molecule has 0 amide bonds. The van der Waals surface area contributed by atoms with Crippen LogP contribution in [-0.4, -0.2) is 11.5 Å². The summed E-state index contributed by atoms with van der Waals surface area (Å²) in [5.41, 5.74) is 2.51. The number of Topliss-reactive ketones (excluding diaryl/α,β-unsaturated/α-hetero) is 1. The molecule has 18 heavy (non-hydrogen) atoms. The summed E-state index contributed by atoms with van der Waals surface area (Å²) in [4.78, 5) is 13.0. The Labute approximate surface area is 116 Å². The standard InChI is InChI=1S/C15H16OS2/c1-12-3-2-4-15(9-12)18-11-14(16)6-5-13-7-8-17-10-13/h2-4,7-10H,5-6,11H2,1H3. The van der Waals surface area contributed by atoms with Crippen molar-refractivity contribution < 1.29 is 4.79 Å². The van der Waals surface area contributed by atoms with E-state index in [4.69, 9.17) is 0 Å². The number of carbonyl (C=O) groups is 1. The predicted molar refractivity (Wildman–Crippen MR) is 79.6 cm³/mol. The van der Waals surface area contributed by atoms with Crippen molar-refractivity contribution in [2.75, 3.05) is 5.75 Å². The minimum atomic E-state index is 0.327. The van der Waals surface area contributed by atoms with Crippen molar-refractivity contribution >= 4 is 28.9 Å². The molecule has 0 N–H and O–H groups in total. The van der Waals surface area contributed by atoms with Gasteiger partial charge in [0.1, 0.15) is 5.78 Å². The second kappa shape index (κ2) is 6.76. The Morgan fingerprint density at radius 3 is 2.94 bits per heavy atom. The van der Waals surface area contributed by atoms with Crippen LogP contribution in [0.1, 0.15) is 17.5 Å². The van der Waals surface area contributed by atoms with Crippen molar-refractivity contribution in [1.29, 1.82) is 0 Å². The van der Waals surface area contributed by atoms with Gasteiger partial charge in [-0.05, 0) is 47.9 Å². The van der Waals surface area contributed by atoms with E-state index in [-0.39, 0.29) is 0 Å². The van der Waals surface area contributed by atoms with Gasteiger partial charge in [0, 0.05) is 11.3 Å². The lowest BCUT2D eigenvalue weighted by molar-refractivity contribution is -0.116. The third kappa shape index (κ3) is 4.31. The van der Waals surface area contributed by atoms with E-state index in [9.17, 15) is 4.79 Å². The third-order valence-electron chi connectivity index (χ3n) is 2.66. The summed E-state index contributed by atoms with van der Waals surface area (Å²) in [5, 5.41) is 4.17. The molecule has 94 valence electrons. The maximum Gasteiger partial charge on any atom is 0.143 e. The van der Waals surface area contributed by atoms with Gasteiger partial charge >= 0.3 is 0 Å². The summed E-state index contributed by atoms with van der Waals surface area (Å²) in [6.07, 6.45) is 1.52. The molecule has 0 aliphatic carbocycles. The molecule has 0 saturated heterocycles. The van der Waals surface area contributed by atoms with Gasteiger partial charge in [0.05, 0.1) is 5.75 Å². The number of ketones is 1. The lowest BCUT2D eigenvalue weighted by Gasteiger charge is -2.02. The molecule has 0 spiro atoms. The Balaban J connectivity index is 1.75. The highest BCUT2D eigenvalue weighted by atomic mass is 32.2. The normalized spacial score (nSPS) is 10.5. The lowest BCUT2D eigenvalue weighted by atomic mass is 10.1. The van der Waals surface area contributed by atoms with Crippen LogP contribution in [-0.2, 0) is 11.2 Å². The minimum absolute atomic E-state index is 0.327. The van der Waals surface area contributed by atoms with Gasteiger partial charge in [-0.3, -0.25) is 4.79 Å². The van der Waals surface area contributed by atoms with Gasteiger partial charge < -0.3 is 0 Å². The van der Waals surface area contributed by atoms with Crippen LogP contribution in [0.15, 0.2) is 46.0 Å². The zero-order valence-electron chi connectivity index (χ0n) is 10.4. The predicted octanol–water partition coefficient (Wildman–Crippen LogP) is 4.35. The summed E-state index contributed by atoms with van der Waals surface area (Å²) in [5.74, 6) is 0.904. The van der Waals surface area contributed by atoms with E-state index in [1.54, 1.807) is 23.1 Å². The topological polar surface area (TPSA) is 17.1 Å². The molecule has 0 unspecified atom stereocenters. The number of carbonyl (C=O) groups excluding carboxylic acids is 1. The molecule has 0 aliphatic heterocycles. The number of thioether (sulfide) groups is 1. The number of benzene rings is 1. The van der Waals surface area contributed by atoms with Gasteiger partial charge in [-0.15, -0.1) is 11.8 Å². The first-order valence-corrected chi connectivity index (χ1v) is 7.89. The summed E-state index contributed by atoms with van der Waals surface area (Å²) >= 11 is 3.32. The molecule has 1 aromatic carbocycles. The molecule has 1 aromatic heterocycles. The molecule has 0 fully saturated rings. The lowest BCUT2D eigenvalue weighted by Crippen LogP contribution is -2.02. The molecule has 1 heterocycles. The molecule has 0 atom stereocenters. The van der Waals surface area contributed by atoms with E-state index in [1.165, 1.54) is 16.0 Å². The van der Waals surface area contributed by atoms with Gasteiger partial charge in [0.2, 0.25) is 0 Å². The molecule has 2 aromatic rings. The van der Waals surface area contributed by atoms with E-state index >= 15 is 0 Å². The third-order valence-corrected chi connectivity index (χ3v) is 4.45. The zero-order chi connectivity index (χ0) is 12.8. The summed E-state index contributed by atoms with van der Waals surface area (Å²) < 4.78 is 0. The Morgan fingerprint density at radius 1 is 1.33 bits per heavy atom. The van der Waals surface area contributed by atoms with Crippen LogP contribution in [0.3, 0.4) is 0 Å². The van der Waals surface area contributed by atoms with Crippen molar-refractivity contribution in [2.45, 2.75) is 24.7 Å². The van der Waals surface area contributed by atoms with Crippen LogP contribution in [0, 0.1) is 6.92 Å². The molecule has 1 nitrogen and oxygen atoms in total. The average Bonchev–Trinajstić information content (AvgIpc) is 2.87. The van der Waals surface area contributed by atoms with Crippen molar-refractivity contribution in [3.63, 3.8) is 0 Å². The summed E-state index contributed by atoms with van der Waals surface area (Å²) in [6, 6.07) is 10.4. The van der Waals surface area contributed by atoms with Crippen molar-refractivity contribution in [2.24, 2.45) is 0 Å². The van der Waals surface area contributed by atoms with E-state index in [0.717, 1.165) is 6.42 Å². The van der Waals surface area contributed by atoms with Crippen molar-refractivity contribution in [1.82, 2.24) is 0 Å². The monoisotopic (exact) mass is 276 g/mol. The molecular weight excluding hydrogens is 260 g/mol. The summed E-state index contributed by atoms with van der Waals surface area (Å²) in [6.45, 7) is 2.07. The minimum Gasteiger partial charge on any atom is -0.299 e. The smallest absolute Gasteiger partial charge is 0.143 e. The fourth-order valence-electron chi connectivity index (χ4n) is 1.66. The van der Waals surface area contributed by atoms with Crippen molar-refractivity contribution in [3.8, 4) is 0 Å².